The summed E-state index contributed by atoms with van der Waals surface area (Å²) in [4.78, 5) is 4.27. The first-order valence-corrected chi connectivity index (χ1v) is 9.12. The molecule has 3 rings (SSSR count). The minimum Gasteiger partial charge on any atom is -0.373 e. The molecular weight excluding hydrogens is 329 g/mol. The molecule has 2 N–H and O–H groups in total. The van der Waals surface area contributed by atoms with Gasteiger partial charge in [0.1, 0.15) is 5.82 Å². The maximum atomic E-state index is 13.3. The molecule has 1 aliphatic rings. The highest BCUT2D eigenvalue weighted by Gasteiger charge is 2.27. The molecule has 0 saturated carbocycles. The highest BCUT2D eigenvalue weighted by Crippen LogP contribution is 2.32. The molecule has 5 heteroatoms. The summed E-state index contributed by atoms with van der Waals surface area (Å²) in [6.45, 7) is 2.12. The summed E-state index contributed by atoms with van der Waals surface area (Å²) >= 11 is 0. The molecule has 1 aliphatic heterocycles. The van der Waals surface area contributed by atoms with E-state index in [1.807, 2.05) is 12.1 Å². The second kappa shape index (κ2) is 9.34. The first-order valence-electron chi connectivity index (χ1n) is 9.12. The Kier molecular flexibility index (Phi) is 6.61. The third kappa shape index (κ3) is 5.05. The lowest BCUT2D eigenvalue weighted by Gasteiger charge is -2.32. The minimum atomic E-state index is -0.225. The van der Waals surface area contributed by atoms with Crippen LogP contribution in [0.25, 0.3) is 0 Å². The number of halogens is 1. The second-order valence-electron chi connectivity index (χ2n) is 6.54. The van der Waals surface area contributed by atoms with Crippen LogP contribution < -0.4 is 10.6 Å². The summed E-state index contributed by atoms with van der Waals surface area (Å²) in [6, 6.07) is 17.0. The van der Waals surface area contributed by atoms with Crippen molar-refractivity contribution in [3.05, 3.63) is 71.5 Å². The fourth-order valence-corrected chi connectivity index (χ4v) is 3.34. The van der Waals surface area contributed by atoms with Crippen molar-refractivity contribution >= 4 is 5.96 Å². The molecule has 2 unspecified atom stereocenters. The predicted molar refractivity (Wildman–Crippen MR) is 102 cm³/mol. The highest BCUT2D eigenvalue weighted by atomic mass is 19.1. The molecule has 2 aromatic rings. The van der Waals surface area contributed by atoms with Gasteiger partial charge in [0.05, 0.1) is 6.10 Å². The van der Waals surface area contributed by atoms with E-state index in [1.54, 1.807) is 13.1 Å². The quantitative estimate of drug-likeness (QED) is 0.636. The predicted octanol–water partition coefficient (Wildman–Crippen LogP) is 3.66. The van der Waals surface area contributed by atoms with Crippen LogP contribution in [0.4, 0.5) is 4.39 Å². The Labute approximate surface area is 154 Å². The molecule has 0 aromatic heterocycles. The van der Waals surface area contributed by atoms with Crippen LogP contribution in [-0.2, 0) is 11.3 Å². The van der Waals surface area contributed by atoms with Crippen LogP contribution >= 0.6 is 0 Å². The third-order valence-corrected chi connectivity index (χ3v) is 4.68. The molecule has 0 spiro atoms. The zero-order valence-electron chi connectivity index (χ0n) is 15.1. The third-order valence-electron chi connectivity index (χ3n) is 4.68. The number of hydrogen-bond acceptors (Lipinski definition) is 2. The van der Waals surface area contributed by atoms with Gasteiger partial charge in [-0.2, -0.15) is 0 Å². The number of rotatable bonds is 5. The summed E-state index contributed by atoms with van der Waals surface area (Å²) in [5.74, 6) is 0.878. The van der Waals surface area contributed by atoms with Crippen LogP contribution in [0.2, 0.25) is 0 Å². The zero-order chi connectivity index (χ0) is 18.2. The lowest BCUT2D eigenvalue weighted by atomic mass is 9.89. The van der Waals surface area contributed by atoms with Crippen LogP contribution in [-0.4, -0.2) is 26.2 Å². The van der Waals surface area contributed by atoms with Gasteiger partial charge >= 0.3 is 0 Å². The van der Waals surface area contributed by atoms with Gasteiger partial charge in [0.15, 0.2) is 5.96 Å². The molecule has 0 aliphatic carbocycles. The van der Waals surface area contributed by atoms with Gasteiger partial charge in [-0.1, -0.05) is 42.5 Å². The molecule has 1 heterocycles. The van der Waals surface area contributed by atoms with Gasteiger partial charge in [-0.05, 0) is 36.1 Å². The fourth-order valence-electron chi connectivity index (χ4n) is 3.34. The van der Waals surface area contributed by atoms with Crippen LogP contribution in [0.3, 0.4) is 0 Å². The van der Waals surface area contributed by atoms with E-state index < -0.39 is 0 Å². The number of benzene rings is 2. The van der Waals surface area contributed by atoms with Gasteiger partial charge in [0.2, 0.25) is 0 Å². The topological polar surface area (TPSA) is 45.7 Å². The number of hydrogen-bond donors (Lipinski definition) is 2. The molecule has 0 amide bonds. The van der Waals surface area contributed by atoms with Crippen LogP contribution in [0.5, 0.6) is 0 Å². The van der Waals surface area contributed by atoms with Gasteiger partial charge in [0, 0.05) is 32.7 Å². The first kappa shape index (κ1) is 18.4. The average molecular weight is 355 g/mol. The number of nitrogens with zero attached hydrogens (tertiary/aromatic N) is 1. The van der Waals surface area contributed by atoms with Gasteiger partial charge < -0.3 is 15.4 Å². The van der Waals surface area contributed by atoms with E-state index in [0.29, 0.717) is 18.4 Å². The fraction of sp³-hybridized carbons (Fsp3) is 0.381. The summed E-state index contributed by atoms with van der Waals surface area (Å²) < 4.78 is 19.3. The standard InChI is InChI=1S/C21H26FN3O/c1-23-21(24-14-16-7-5-11-19(22)13-16)25-15-18-10-6-12-26-20(18)17-8-3-2-4-9-17/h2-5,7-9,11,13,18,20H,6,10,12,14-15H2,1H3,(H2,23,24,25). The smallest absolute Gasteiger partial charge is 0.191 e. The van der Waals surface area contributed by atoms with Crippen LogP contribution in [0, 0.1) is 11.7 Å². The van der Waals surface area contributed by atoms with E-state index in [-0.39, 0.29) is 11.9 Å². The number of guanidine groups is 1. The van der Waals surface area contributed by atoms with E-state index in [2.05, 4.69) is 39.9 Å². The Morgan fingerprint density at radius 2 is 2.00 bits per heavy atom. The number of ether oxygens (including phenoxy) is 1. The normalized spacial score (nSPS) is 20.6. The molecule has 2 atom stereocenters. The zero-order valence-corrected chi connectivity index (χ0v) is 15.1. The number of aliphatic imine (C=N–C) groups is 1. The van der Waals surface area contributed by atoms with Crippen molar-refractivity contribution in [2.75, 3.05) is 20.2 Å². The Morgan fingerprint density at radius 1 is 1.15 bits per heavy atom. The van der Waals surface area contributed by atoms with Gasteiger partial charge in [0.25, 0.3) is 0 Å². The Hall–Kier alpha value is -2.40. The highest BCUT2D eigenvalue weighted by molar-refractivity contribution is 5.79. The van der Waals surface area contributed by atoms with Crippen molar-refractivity contribution in [3.63, 3.8) is 0 Å². The second-order valence-corrected chi connectivity index (χ2v) is 6.54. The Bertz CT molecular complexity index is 720. The Morgan fingerprint density at radius 3 is 2.77 bits per heavy atom. The average Bonchev–Trinajstić information content (AvgIpc) is 2.69. The largest absolute Gasteiger partial charge is 0.373 e. The maximum Gasteiger partial charge on any atom is 0.191 e. The minimum absolute atomic E-state index is 0.110. The van der Waals surface area contributed by atoms with E-state index >= 15 is 0 Å². The van der Waals surface area contributed by atoms with Gasteiger partial charge in [-0.15, -0.1) is 0 Å². The van der Waals surface area contributed by atoms with Crippen molar-refractivity contribution in [2.24, 2.45) is 10.9 Å². The van der Waals surface area contributed by atoms with Crippen molar-refractivity contribution < 1.29 is 9.13 Å². The molecular formula is C21H26FN3O. The van der Waals surface area contributed by atoms with Crippen molar-refractivity contribution in [2.45, 2.75) is 25.5 Å². The van der Waals surface area contributed by atoms with Crippen LogP contribution in [0.15, 0.2) is 59.6 Å². The van der Waals surface area contributed by atoms with Gasteiger partial charge in [-0.3, -0.25) is 4.99 Å². The molecule has 138 valence electrons. The molecule has 1 fully saturated rings. The lowest BCUT2D eigenvalue weighted by Crippen LogP contribution is -2.41. The molecule has 0 radical (unpaired) electrons. The molecule has 1 saturated heterocycles. The summed E-state index contributed by atoms with van der Waals surface area (Å²) in [5.41, 5.74) is 2.11. The SMILES string of the molecule is CN=C(NCc1cccc(F)c1)NCC1CCCOC1c1ccccc1. The monoisotopic (exact) mass is 355 g/mol. The van der Waals surface area contributed by atoms with E-state index in [9.17, 15) is 4.39 Å². The van der Waals surface area contributed by atoms with E-state index in [4.69, 9.17) is 4.74 Å². The number of nitrogens with one attached hydrogen (secondary N) is 2. The summed E-state index contributed by atoms with van der Waals surface area (Å²) in [5, 5.41) is 6.63. The van der Waals surface area contributed by atoms with Crippen molar-refractivity contribution in [3.8, 4) is 0 Å². The molecule has 26 heavy (non-hydrogen) atoms. The van der Waals surface area contributed by atoms with Crippen LogP contribution in [0.1, 0.15) is 30.1 Å². The summed E-state index contributed by atoms with van der Waals surface area (Å²) in [6.07, 6.45) is 2.30. The lowest BCUT2D eigenvalue weighted by molar-refractivity contribution is -0.0265. The maximum absolute atomic E-state index is 13.3. The van der Waals surface area contributed by atoms with E-state index in [0.717, 1.165) is 31.6 Å². The van der Waals surface area contributed by atoms with Crippen molar-refractivity contribution in [1.29, 1.82) is 0 Å². The Balaban J connectivity index is 1.55. The summed E-state index contributed by atoms with van der Waals surface area (Å²) in [7, 11) is 1.74. The molecule has 4 nitrogen and oxygen atoms in total. The van der Waals surface area contributed by atoms with Gasteiger partial charge in [-0.25, -0.2) is 4.39 Å². The molecule has 0 bridgehead atoms. The van der Waals surface area contributed by atoms with Crippen molar-refractivity contribution in [1.82, 2.24) is 10.6 Å². The first-order chi connectivity index (χ1) is 12.8. The van der Waals surface area contributed by atoms with E-state index in [1.165, 1.54) is 17.7 Å². The molecule has 2 aromatic carbocycles.